The summed E-state index contributed by atoms with van der Waals surface area (Å²) in [5, 5.41) is 2.97. The van der Waals surface area contributed by atoms with Gasteiger partial charge in [-0.3, -0.25) is 9.69 Å². The topological polar surface area (TPSA) is 32.3 Å². The molecule has 2 rings (SSSR count). The van der Waals surface area contributed by atoms with Crippen LogP contribution in [0.4, 0.5) is 0 Å². The first-order valence-electron chi connectivity index (χ1n) is 6.73. The van der Waals surface area contributed by atoms with E-state index in [1.165, 1.54) is 11.1 Å². The number of benzene rings is 1. The fourth-order valence-corrected chi connectivity index (χ4v) is 2.29. The van der Waals surface area contributed by atoms with E-state index in [0.717, 1.165) is 32.6 Å². The summed E-state index contributed by atoms with van der Waals surface area (Å²) in [6.45, 7) is 7.63. The van der Waals surface area contributed by atoms with Gasteiger partial charge in [-0.25, -0.2) is 0 Å². The molecule has 3 nitrogen and oxygen atoms in total. The summed E-state index contributed by atoms with van der Waals surface area (Å²) in [6.07, 6.45) is 1.12. The molecule has 0 saturated carbocycles. The van der Waals surface area contributed by atoms with E-state index in [1.807, 2.05) is 13.8 Å². The van der Waals surface area contributed by atoms with E-state index in [0.29, 0.717) is 0 Å². The molecule has 0 aliphatic carbocycles. The fraction of sp³-hybridized carbons (Fsp3) is 0.533. The summed E-state index contributed by atoms with van der Waals surface area (Å²) >= 11 is 0. The molecule has 0 unspecified atom stereocenters. The zero-order valence-electron chi connectivity index (χ0n) is 11.3. The second-order valence-electron chi connectivity index (χ2n) is 5.24. The van der Waals surface area contributed by atoms with Crippen LogP contribution in [0.25, 0.3) is 0 Å². The van der Waals surface area contributed by atoms with Crippen molar-refractivity contribution in [2.75, 3.05) is 19.6 Å². The Morgan fingerprint density at radius 1 is 1.33 bits per heavy atom. The third-order valence-electron chi connectivity index (χ3n) is 3.46. The van der Waals surface area contributed by atoms with Gasteiger partial charge in [0.1, 0.15) is 0 Å². The number of nitrogens with zero attached hydrogens (tertiary/aromatic N) is 1. The Labute approximate surface area is 109 Å². The van der Waals surface area contributed by atoms with Crippen LogP contribution < -0.4 is 5.32 Å². The lowest BCUT2D eigenvalue weighted by Gasteiger charge is -2.28. The number of hydrogen-bond acceptors (Lipinski definition) is 2. The van der Waals surface area contributed by atoms with Crippen LogP contribution in [0.5, 0.6) is 0 Å². The Bertz CT molecular complexity index is 415. The molecule has 0 aromatic heterocycles. The van der Waals surface area contributed by atoms with Crippen LogP contribution in [-0.2, 0) is 17.8 Å². The highest BCUT2D eigenvalue weighted by molar-refractivity contribution is 5.77. The van der Waals surface area contributed by atoms with Crippen LogP contribution in [0.2, 0.25) is 0 Å². The third-order valence-corrected chi connectivity index (χ3v) is 3.46. The smallest absolute Gasteiger partial charge is 0.222 e. The standard InChI is InChI=1S/C15H22N2O/c1-12(2)15(18)16-8-10-17-9-7-13-5-3-4-6-14(13)11-17/h3-6,12H,7-11H2,1-2H3,(H,16,18). The van der Waals surface area contributed by atoms with Gasteiger partial charge in [0, 0.05) is 32.1 Å². The summed E-state index contributed by atoms with van der Waals surface area (Å²) in [6, 6.07) is 8.63. The molecule has 1 amide bonds. The van der Waals surface area contributed by atoms with Crippen molar-refractivity contribution in [3.05, 3.63) is 35.4 Å². The van der Waals surface area contributed by atoms with Crippen molar-refractivity contribution in [3.8, 4) is 0 Å². The van der Waals surface area contributed by atoms with E-state index in [4.69, 9.17) is 0 Å². The van der Waals surface area contributed by atoms with Gasteiger partial charge in [0.2, 0.25) is 5.91 Å². The molecule has 1 N–H and O–H groups in total. The molecule has 18 heavy (non-hydrogen) atoms. The number of nitrogens with one attached hydrogen (secondary N) is 1. The molecule has 1 aromatic rings. The molecule has 1 aliphatic rings. The molecule has 0 atom stereocenters. The number of hydrogen-bond donors (Lipinski definition) is 1. The molecule has 0 saturated heterocycles. The summed E-state index contributed by atoms with van der Waals surface area (Å²) < 4.78 is 0. The van der Waals surface area contributed by atoms with Crippen LogP contribution in [0.3, 0.4) is 0 Å². The normalized spacial score (nSPS) is 15.5. The predicted octanol–water partition coefficient (Wildman–Crippen LogP) is 1.82. The minimum Gasteiger partial charge on any atom is -0.355 e. The zero-order chi connectivity index (χ0) is 13.0. The molecule has 98 valence electrons. The zero-order valence-corrected chi connectivity index (χ0v) is 11.3. The van der Waals surface area contributed by atoms with Crippen molar-refractivity contribution < 1.29 is 4.79 Å². The minimum absolute atomic E-state index is 0.0760. The van der Waals surface area contributed by atoms with Gasteiger partial charge in [-0.05, 0) is 17.5 Å². The molecule has 1 aliphatic heterocycles. The Kier molecular flexibility index (Phi) is 4.37. The lowest BCUT2D eigenvalue weighted by atomic mass is 10.00. The summed E-state index contributed by atoms with van der Waals surface area (Å²) in [5.41, 5.74) is 2.90. The molecule has 3 heteroatoms. The van der Waals surface area contributed by atoms with Gasteiger partial charge < -0.3 is 5.32 Å². The highest BCUT2D eigenvalue weighted by atomic mass is 16.1. The van der Waals surface area contributed by atoms with Crippen molar-refractivity contribution in [1.82, 2.24) is 10.2 Å². The van der Waals surface area contributed by atoms with E-state index in [-0.39, 0.29) is 11.8 Å². The van der Waals surface area contributed by atoms with Crippen LogP contribution in [-0.4, -0.2) is 30.4 Å². The first-order chi connectivity index (χ1) is 8.66. The van der Waals surface area contributed by atoms with Crippen molar-refractivity contribution in [2.24, 2.45) is 5.92 Å². The minimum atomic E-state index is 0.0760. The predicted molar refractivity (Wildman–Crippen MR) is 73.3 cm³/mol. The average molecular weight is 246 g/mol. The monoisotopic (exact) mass is 246 g/mol. The number of rotatable bonds is 4. The van der Waals surface area contributed by atoms with Crippen molar-refractivity contribution in [1.29, 1.82) is 0 Å². The second-order valence-corrected chi connectivity index (χ2v) is 5.24. The SMILES string of the molecule is CC(C)C(=O)NCCN1CCc2ccccc2C1. The van der Waals surface area contributed by atoms with E-state index in [2.05, 4.69) is 34.5 Å². The van der Waals surface area contributed by atoms with Crippen LogP contribution in [0.15, 0.2) is 24.3 Å². The highest BCUT2D eigenvalue weighted by Gasteiger charge is 2.15. The summed E-state index contributed by atoms with van der Waals surface area (Å²) in [4.78, 5) is 13.9. The molecule has 1 aromatic carbocycles. The maximum absolute atomic E-state index is 11.5. The van der Waals surface area contributed by atoms with Gasteiger partial charge in [0.05, 0.1) is 0 Å². The van der Waals surface area contributed by atoms with Gasteiger partial charge in [0.25, 0.3) is 0 Å². The van der Waals surface area contributed by atoms with E-state index < -0.39 is 0 Å². The molecule has 0 bridgehead atoms. The summed E-state index contributed by atoms with van der Waals surface area (Å²) in [7, 11) is 0. The Hall–Kier alpha value is -1.35. The first kappa shape index (κ1) is 13.1. The van der Waals surface area contributed by atoms with Crippen molar-refractivity contribution in [2.45, 2.75) is 26.8 Å². The first-order valence-corrected chi connectivity index (χ1v) is 6.73. The van der Waals surface area contributed by atoms with Gasteiger partial charge in [-0.15, -0.1) is 0 Å². The second kappa shape index (κ2) is 6.01. The number of carbonyl (C=O) groups excluding carboxylic acids is 1. The molecule has 0 radical (unpaired) electrons. The molecule has 1 heterocycles. The highest BCUT2D eigenvalue weighted by Crippen LogP contribution is 2.17. The Morgan fingerprint density at radius 2 is 2.06 bits per heavy atom. The lowest BCUT2D eigenvalue weighted by Crippen LogP contribution is -2.38. The van der Waals surface area contributed by atoms with E-state index in [1.54, 1.807) is 0 Å². The van der Waals surface area contributed by atoms with Crippen LogP contribution in [0, 0.1) is 5.92 Å². The fourth-order valence-electron chi connectivity index (χ4n) is 2.29. The Morgan fingerprint density at radius 3 is 2.78 bits per heavy atom. The Balaban J connectivity index is 1.78. The van der Waals surface area contributed by atoms with Gasteiger partial charge >= 0.3 is 0 Å². The van der Waals surface area contributed by atoms with Crippen molar-refractivity contribution in [3.63, 3.8) is 0 Å². The maximum Gasteiger partial charge on any atom is 0.222 e. The third kappa shape index (κ3) is 3.33. The number of amides is 1. The van der Waals surface area contributed by atoms with Crippen LogP contribution >= 0.6 is 0 Å². The van der Waals surface area contributed by atoms with E-state index in [9.17, 15) is 4.79 Å². The molecule has 0 spiro atoms. The van der Waals surface area contributed by atoms with Crippen molar-refractivity contribution >= 4 is 5.91 Å². The van der Waals surface area contributed by atoms with E-state index >= 15 is 0 Å². The average Bonchev–Trinajstić information content (AvgIpc) is 2.38. The molecular weight excluding hydrogens is 224 g/mol. The summed E-state index contributed by atoms with van der Waals surface area (Å²) in [5.74, 6) is 0.222. The lowest BCUT2D eigenvalue weighted by molar-refractivity contribution is -0.124. The van der Waals surface area contributed by atoms with Gasteiger partial charge in [0.15, 0.2) is 0 Å². The molecule has 0 fully saturated rings. The van der Waals surface area contributed by atoms with Gasteiger partial charge in [-0.2, -0.15) is 0 Å². The molecular formula is C15H22N2O. The number of fused-ring (bicyclic) bond motifs is 1. The largest absolute Gasteiger partial charge is 0.355 e. The maximum atomic E-state index is 11.5. The quantitative estimate of drug-likeness (QED) is 0.879. The van der Waals surface area contributed by atoms with Gasteiger partial charge in [-0.1, -0.05) is 38.1 Å². The number of carbonyl (C=O) groups is 1. The van der Waals surface area contributed by atoms with Crippen LogP contribution in [0.1, 0.15) is 25.0 Å².